The molecule has 2 fully saturated rings. The van der Waals surface area contributed by atoms with E-state index in [1.807, 2.05) is 10.9 Å². The van der Waals surface area contributed by atoms with Gasteiger partial charge < -0.3 is 4.74 Å². The molecule has 0 amide bonds. The van der Waals surface area contributed by atoms with Crippen molar-refractivity contribution in [3.05, 3.63) is 17.5 Å². The Balaban J connectivity index is 1.83. The molecule has 1 aliphatic heterocycles. The van der Waals surface area contributed by atoms with Crippen LogP contribution in [0.5, 0.6) is 0 Å². The fourth-order valence-corrected chi connectivity index (χ4v) is 3.26. The zero-order valence-electron chi connectivity index (χ0n) is 11.4. The monoisotopic (exact) mass is 262 g/mol. The van der Waals surface area contributed by atoms with E-state index in [9.17, 15) is 4.79 Å². The van der Waals surface area contributed by atoms with Crippen molar-refractivity contribution in [1.29, 1.82) is 0 Å². The van der Waals surface area contributed by atoms with E-state index in [1.165, 1.54) is 38.5 Å². The molecule has 19 heavy (non-hydrogen) atoms. The van der Waals surface area contributed by atoms with Gasteiger partial charge in [-0.3, -0.25) is 9.48 Å². The molecule has 0 bridgehead atoms. The number of rotatable bonds is 3. The van der Waals surface area contributed by atoms with Gasteiger partial charge in [0.2, 0.25) is 0 Å². The summed E-state index contributed by atoms with van der Waals surface area (Å²) < 4.78 is 7.71. The molecule has 4 heteroatoms. The van der Waals surface area contributed by atoms with Gasteiger partial charge in [0, 0.05) is 12.8 Å². The van der Waals surface area contributed by atoms with Crippen molar-refractivity contribution in [2.24, 2.45) is 0 Å². The molecule has 0 radical (unpaired) electrons. The molecule has 1 atom stereocenters. The van der Waals surface area contributed by atoms with Gasteiger partial charge in [-0.15, -0.1) is 0 Å². The molecule has 0 N–H and O–H groups in total. The van der Waals surface area contributed by atoms with Gasteiger partial charge in [-0.25, -0.2) is 0 Å². The minimum Gasteiger partial charge on any atom is -0.372 e. The smallest absolute Gasteiger partial charge is 0.153 e. The maximum atomic E-state index is 11.2. The van der Waals surface area contributed by atoms with E-state index in [1.54, 1.807) is 0 Å². The SMILES string of the molecule is O=Cc1cn(C2CCCCCC2)nc1C1CCCO1. The first-order valence-corrected chi connectivity index (χ1v) is 7.54. The maximum absolute atomic E-state index is 11.2. The number of nitrogens with zero attached hydrogens (tertiary/aromatic N) is 2. The Labute approximate surface area is 114 Å². The second-order valence-electron chi connectivity index (χ2n) is 5.71. The quantitative estimate of drug-likeness (QED) is 0.619. The fraction of sp³-hybridized carbons (Fsp3) is 0.733. The zero-order chi connectivity index (χ0) is 13.1. The third-order valence-corrected chi connectivity index (χ3v) is 4.35. The van der Waals surface area contributed by atoms with Gasteiger partial charge >= 0.3 is 0 Å². The van der Waals surface area contributed by atoms with E-state index in [-0.39, 0.29) is 6.10 Å². The van der Waals surface area contributed by atoms with E-state index in [0.29, 0.717) is 6.04 Å². The van der Waals surface area contributed by atoms with Crippen LogP contribution in [-0.2, 0) is 4.74 Å². The summed E-state index contributed by atoms with van der Waals surface area (Å²) in [5.41, 5.74) is 1.58. The number of hydrogen-bond donors (Lipinski definition) is 0. The molecule has 3 rings (SSSR count). The van der Waals surface area contributed by atoms with E-state index >= 15 is 0 Å². The van der Waals surface area contributed by atoms with Crippen LogP contribution in [-0.4, -0.2) is 22.7 Å². The van der Waals surface area contributed by atoms with Gasteiger partial charge in [0.25, 0.3) is 0 Å². The lowest BCUT2D eigenvalue weighted by Crippen LogP contribution is -2.09. The van der Waals surface area contributed by atoms with Crippen molar-refractivity contribution >= 4 is 6.29 Å². The van der Waals surface area contributed by atoms with Crippen LogP contribution in [0.2, 0.25) is 0 Å². The van der Waals surface area contributed by atoms with Crippen LogP contribution in [0.25, 0.3) is 0 Å². The highest BCUT2D eigenvalue weighted by atomic mass is 16.5. The average molecular weight is 262 g/mol. The summed E-state index contributed by atoms with van der Waals surface area (Å²) in [4.78, 5) is 11.2. The first-order valence-electron chi connectivity index (χ1n) is 7.54. The number of aromatic nitrogens is 2. The lowest BCUT2D eigenvalue weighted by atomic mass is 10.1. The molecule has 0 aromatic carbocycles. The van der Waals surface area contributed by atoms with Crippen LogP contribution in [0, 0.1) is 0 Å². The number of hydrogen-bond acceptors (Lipinski definition) is 3. The predicted octanol–water partition coefficient (Wildman–Crippen LogP) is 3.44. The highest BCUT2D eigenvalue weighted by molar-refractivity contribution is 5.76. The lowest BCUT2D eigenvalue weighted by Gasteiger charge is -2.14. The lowest BCUT2D eigenvalue weighted by molar-refractivity contribution is 0.103. The molecule has 1 aromatic rings. The van der Waals surface area contributed by atoms with E-state index in [2.05, 4.69) is 5.10 Å². The molecular weight excluding hydrogens is 240 g/mol. The third-order valence-electron chi connectivity index (χ3n) is 4.35. The maximum Gasteiger partial charge on any atom is 0.153 e. The number of aldehydes is 1. The van der Waals surface area contributed by atoms with Crippen molar-refractivity contribution in [3.63, 3.8) is 0 Å². The number of carbonyl (C=O) groups is 1. The topological polar surface area (TPSA) is 44.1 Å². The number of carbonyl (C=O) groups excluding carboxylic acids is 1. The molecule has 1 saturated carbocycles. The van der Waals surface area contributed by atoms with Gasteiger partial charge in [0.15, 0.2) is 6.29 Å². The summed E-state index contributed by atoms with van der Waals surface area (Å²) in [6, 6.07) is 0.469. The van der Waals surface area contributed by atoms with Gasteiger partial charge in [0.05, 0.1) is 11.6 Å². The van der Waals surface area contributed by atoms with Gasteiger partial charge in [-0.2, -0.15) is 5.10 Å². The molecule has 4 nitrogen and oxygen atoms in total. The normalized spacial score (nSPS) is 25.4. The second kappa shape index (κ2) is 5.87. The summed E-state index contributed by atoms with van der Waals surface area (Å²) in [5.74, 6) is 0. The van der Waals surface area contributed by atoms with Crippen LogP contribution in [0.15, 0.2) is 6.20 Å². The van der Waals surface area contributed by atoms with E-state index in [0.717, 1.165) is 37.0 Å². The molecule has 2 aliphatic rings. The molecule has 1 aromatic heterocycles. The van der Waals surface area contributed by atoms with Crippen molar-refractivity contribution in [3.8, 4) is 0 Å². The Morgan fingerprint density at radius 1 is 1.16 bits per heavy atom. The molecule has 1 saturated heterocycles. The highest BCUT2D eigenvalue weighted by Crippen LogP contribution is 2.32. The molecular formula is C15H22N2O2. The minimum absolute atomic E-state index is 0.0345. The molecule has 104 valence electrons. The molecule has 2 heterocycles. The van der Waals surface area contributed by atoms with Gasteiger partial charge in [-0.1, -0.05) is 25.7 Å². The molecule has 1 unspecified atom stereocenters. The Kier molecular flexibility index (Phi) is 3.97. The van der Waals surface area contributed by atoms with Crippen LogP contribution in [0.4, 0.5) is 0 Å². The summed E-state index contributed by atoms with van der Waals surface area (Å²) in [5, 5.41) is 4.69. The Hall–Kier alpha value is -1.16. The van der Waals surface area contributed by atoms with Crippen LogP contribution in [0.3, 0.4) is 0 Å². The Bertz CT molecular complexity index is 427. The van der Waals surface area contributed by atoms with Crippen molar-refractivity contribution in [2.45, 2.75) is 63.5 Å². The van der Waals surface area contributed by atoms with E-state index in [4.69, 9.17) is 4.74 Å². The van der Waals surface area contributed by atoms with Crippen LogP contribution < -0.4 is 0 Å². The van der Waals surface area contributed by atoms with Crippen LogP contribution in [0.1, 0.15) is 79.6 Å². The number of ether oxygens (including phenoxy) is 1. The summed E-state index contributed by atoms with van der Waals surface area (Å²) in [6.07, 6.45) is 12.5. The molecule has 1 aliphatic carbocycles. The second-order valence-corrected chi connectivity index (χ2v) is 5.71. The van der Waals surface area contributed by atoms with Gasteiger partial charge in [0.1, 0.15) is 11.8 Å². The minimum atomic E-state index is 0.0345. The summed E-state index contributed by atoms with van der Waals surface area (Å²) >= 11 is 0. The first-order chi connectivity index (χ1) is 9.38. The van der Waals surface area contributed by atoms with Crippen LogP contribution >= 0.6 is 0 Å². The standard InChI is InChI=1S/C15H22N2O2/c18-11-12-10-17(13-6-3-1-2-4-7-13)16-15(12)14-8-5-9-19-14/h10-11,13-14H,1-9H2. The largest absolute Gasteiger partial charge is 0.372 e. The Morgan fingerprint density at radius 3 is 2.58 bits per heavy atom. The van der Waals surface area contributed by atoms with Gasteiger partial charge in [-0.05, 0) is 25.7 Å². The van der Waals surface area contributed by atoms with Crippen molar-refractivity contribution in [1.82, 2.24) is 9.78 Å². The Morgan fingerprint density at radius 2 is 1.95 bits per heavy atom. The first kappa shape index (κ1) is 12.9. The summed E-state index contributed by atoms with van der Waals surface area (Å²) in [7, 11) is 0. The third kappa shape index (κ3) is 2.73. The van der Waals surface area contributed by atoms with Crippen molar-refractivity contribution in [2.75, 3.05) is 6.61 Å². The van der Waals surface area contributed by atoms with E-state index < -0.39 is 0 Å². The zero-order valence-corrected chi connectivity index (χ0v) is 11.4. The van der Waals surface area contributed by atoms with Crippen molar-refractivity contribution < 1.29 is 9.53 Å². The average Bonchev–Trinajstić information content (AvgIpc) is 3.02. The highest BCUT2D eigenvalue weighted by Gasteiger charge is 2.25. The summed E-state index contributed by atoms with van der Waals surface area (Å²) in [6.45, 7) is 0.791. The fourth-order valence-electron chi connectivity index (χ4n) is 3.26. The predicted molar refractivity (Wildman–Crippen MR) is 72.3 cm³/mol. The molecule has 0 spiro atoms.